The summed E-state index contributed by atoms with van der Waals surface area (Å²) in [5.74, 6) is -1.74. The smallest absolute Gasteiger partial charge is 0.307 e. The van der Waals surface area contributed by atoms with E-state index in [1.54, 1.807) is 24.3 Å². The molecule has 98 valence electrons. The van der Waals surface area contributed by atoms with Crippen LogP contribution < -0.4 is 11.1 Å². The van der Waals surface area contributed by atoms with Crippen molar-refractivity contribution >= 4 is 23.4 Å². The molecule has 0 bridgehead atoms. The highest BCUT2D eigenvalue weighted by Crippen LogP contribution is 2.17. The van der Waals surface area contributed by atoms with Gasteiger partial charge in [-0.2, -0.15) is 0 Å². The van der Waals surface area contributed by atoms with E-state index >= 15 is 0 Å². The summed E-state index contributed by atoms with van der Waals surface area (Å²) < 4.78 is 4.32. The fourth-order valence-corrected chi connectivity index (χ4v) is 1.49. The number of nitrogens with one attached hydrogen (secondary N) is 1. The van der Waals surface area contributed by atoms with Crippen molar-refractivity contribution in [2.75, 3.05) is 11.1 Å². The molecule has 0 fully saturated rings. The molecule has 0 saturated carbocycles. The lowest BCUT2D eigenvalue weighted by atomic mass is 10.1. The van der Waals surface area contributed by atoms with Gasteiger partial charge in [0.25, 0.3) is 5.91 Å². The summed E-state index contributed by atoms with van der Waals surface area (Å²) in [6.07, 6.45) is -0.205. The quantitative estimate of drug-likeness (QED) is 0.732. The standard InChI is InChI=1S/C11H10N4O4/c12-10-9(14-19-15-10)11(18)13-7-4-2-1-3-6(7)5-8(16)17/h1-4H,5H2,(H2,12,15)(H,13,18)(H,16,17). The molecule has 2 aromatic rings. The number of carboxylic acids is 1. The maximum Gasteiger partial charge on any atom is 0.307 e. The second-order valence-corrected chi connectivity index (χ2v) is 3.68. The Morgan fingerprint density at radius 3 is 2.68 bits per heavy atom. The molecule has 2 rings (SSSR count). The fourth-order valence-electron chi connectivity index (χ4n) is 1.49. The first-order chi connectivity index (χ1) is 9.08. The van der Waals surface area contributed by atoms with E-state index in [0.717, 1.165) is 0 Å². The van der Waals surface area contributed by atoms with Gasteiger partial charge in [0.2, 0.25) is 11.5 Å². The van der Waals surface area contributed by atoms with E-state index in [0.29, 0.717) is 11.3 Å². The molecular formula is C11H10N4O4. The van der Waals surface area contributed by atoms with Crippen molar-refractivity contribution in [2.45, 2.75) is 6.42 Å². The van der Waals surface area contributed by atoms with E-state index in [9.17, 15) is 9.59 Å². The summed E-state index contributed by atoms with van der Waals surface area (Å²) in [6, 6.07) is 6.54. The van der Waals surface area contributed by atoms with E-state index < -0.39 is 11.9 Å². The van der Waals surface area contributed by atoms with Gasteiger partial charge in [0.1, 0.15) is 0 Å². The van der Waals surface area contributed by atoms with Gasteiger partial charge in [0, 0.05) is 5.69 Å². The summed E-state index contributed by atoms with van der Waals surface area (Å²) in [6.45, 7) is 0. The average Bonchev–Trinajstić information content (AvgIpc) is 2.77. The predicted octanol–water partition coefficient (Wildman–Crippen LogP) is 0.531. The van der Waals surface area contributed by atoms with Crippen LogP contribution >= 0.6 is 0 Å². The van der Waals surface area contributed by atoms with E-state index in [4.69, 9.17) is 10.8 Å². The van der Waals surface area contributed by atoms with Crippen LogP contribution in [0.15, 0.2) is 28.9 Å². The lowest BCUT2D eigenvalue weighted by Gasteiger charge is -2.08. The molecule has 0 atom stereocenters. The summed E-state index contributed by atoms with van der Waals surface area (Å²) in [4.78, 5) is 22.6. The molecule has 1 aromatic carbocycles. The minimum Gasteiger partial charge on any atom is -0.481 e. The van der Waals surface area contributed by atoms with Crippen LogP contribution in [0.3, 0.4) is 0 Å². The molecule has 1 amide bonds. The van der Waals surface area contributed by atoms with Gasteiger partial charge < -0.3 is 16.2 Å². The van der Waals surface area contributed by atoms with Gasteiger partial charge in [-0.3, -0.25) is 9.59 Å². The molecule has 19 heavy (non-hydrogen) atoms. The van der Waals surface area contributed by atoms with Crippen LogP contribution in [0.1, 0.15) is 16.1 Å². The van der Waals surface area contributed by atoms with Gasteiger partial charge in [-0.15, -0.1) is 0 Å². The molecule has 0 saturated heterocycles. The van der Waals surface area contributed by atoms with Gasteiger partial charge in [-0.1, -0.05) is 18.2 Å². The van der Waals surface area contributed by atoms with Crippen molar-refractivity contribution in [1.82, 2.24) is 10.3 Å². The third-order valence-corrected chi connectivity index (χ3v) is 2.34. The minimum absolute atomic E-state index is 0.131. The SMILES string of the molecule is Nc1nonc1C(=O)Nc1ccccc1CC(=O)O. The molecule has 0 spiro atoms. The van der Waals surface area contributed by atoms with Gasteiger partial charge in [-0.05, 0) is 21.9 Å². The number of hydrogen-bond acceptors (Lipinski definition) is 6. The molecule has 1 aromatic heterocycles. The van der Waals surface area contributed by atoms with Gasteiger partial charge in [0.15, 0.2) is 0 Å². The molecule has 8 heteroatoms. The lowest BCUT2D eigenvalue weighted by molar-refractivity contribution is -0.136. The van der Waals surface area contributed by atoms with Gasteiger partial charge in [0.05, 0.1) is 6.42 Å². The average molecular weight is 262 g/mol. The molecule has 0 aliphatic carbocycles. The van der Waals surface area contributed by atoms with Gasteiger partial charge >= 0.3 is 5.97 Å². The third-order valence-electron chi connectivity index (χ3n) is 2.34. The summed E-state index contributed by atoms with van der Waals surface area (Å²) in [7, 11) is 0. The van der Waals surface area contributed by atoms with Crippen molar-refractivity contribution in [3.63, 3.8) is 0 Å². The molecule has 0 aliphatic heterocycles. The zero-order chi connectivity index (χ0) is 13.8. The number of carboxylic acid groups (broad SMARTS) is 1. The first kappa shape index (κ1) is 12.6. The Morgan fingerprint density at radius 2 is 2.05 bits per heavy atom. The molecule has 1 heterocycles. The number of hydrogen-bond donors (Lipinski definition) is 3. The number of nitrogens with zero attached hydrogens (tertiary/aromatic N) is 2. The molecule has 0 radical (unpaired) electrons. The Bertz CT molecular complexity index is 623. The molecular weight excluding hydrogens is 252 g/mol. The fraction of sp³-hybridized carbons (Fsp3) is 0.0909. The number of anilines is 2. The maximum absolute atomic E-state index is 11.8. The van der Waals surface area contributed by atoms with Crippen LogP contribution in [0.4, 0.5) is 11.5 Å². The van der Waals surface area contributed by atoms with E-state index in [2.05, 4.69) is 20.3 Å². The van der Waals surface area contributed by atoms with Crippen molar-refractivity contribution in [3.05, 3.63) is 35.5 Å². The number of aromatic nitrogens is 2. The van der Waals surface area contributed by atoms with Crippen LogP contribution in [-0.4, -0.2) is 27.3 Å². The summed E-state index contributed by atoms with van der Waals surface area (Å²) in [5, 5.41) is 17.9. The number of para-hydroxylation sites is 1. The Hall–Kier alpha value is -2.90. The van der Waals surface area contributed by atoms with Crippen LogP contribution in [0.5, 0.6) is 0 Å². The maximum atomic E-state index is 11.8. The number of nitrogens with two attached hydrogens (primary N) is 1. The number of rotatable bonds is 4. The van der Waals surface area contributed by atoms with Crippen LogP contribution in [0.25, 0.3) is 0 Å². The first-order valence-corrected chi connectivity index (χ1v) is 5.27. The monoisotopic (exact) mass is 262 g/mol. The van der Waals surface area contributed by atoms with Crippen LogP contribution in [-0.2, 0) is 11.2 Å². The number of carbonyl (C=O) groups is 2. The van der Waals surface area contributed by atoms with E-state index in [1.807, 2.05) is 0 Å². The molecule has 4 N–H and O–H groups in total. The second kappa shape index (κ2) is 5.17. The first-order valence-electron chi connectivity index (χ1n) is 5.27. The minimum atomic E-state index is -0.996. The normalized spacial score (nSPS) is 10.1. The Labute approximate surface area is 107 Å². The summed E-state index contributed by atoms with van der Waals surface area (Å²) in [5.41, 5.74) is 6.09. The number of carbonyl (C=O) groups excluding carboxylic acids is 1. The van der Waals surface area contributed by atoms with E-state index in [-0.39, 0.29) is 17.9 Å². The number of aliphatic carboxylic acids is 1. The number of benzene rings is 1. The van der Waals surface area contributed by atoms with E-state index in [1.165, 1.54) is 0 Å². The van der Waals surface area contributed by atoms with Crippen LogP contribution in [0, 0.1) is 0 Å². The molecule has 8 nitrogen and oxygen atoms in total. The zero-order valence-electron chi connectivity index (χ0n) is 9.66. The largest absolute Gasteiger partial charge is 0.481 e. The molecule has 0 aliphatic rings. The number of amides is 1. The third kappa shape index (κ3) is 2.86. The van der Waals surface area contributed by atoms with Gasteiger partial charge in [-0.25, -0.2) is 4.63 Å². The zero-order valence-corrected chi connectivity index (χ0v) is 9.66. The highest BCUT2D eigenvalue weighted by molar-refractivity contribution is 6.06. The highest BCUT2D eigenvalue weighted by Gasteiger charge is 2.17. The topological polar surface area (TPSA) is 131 Å². The number of nitrogen functional groups attached to an aromatic ring is 1. The lowest BCUT2D eigenvalue weighted by Crippen LogP contribution is -2.16. The van der Waals surface area contributed by atoms with Crippen molar-refractivity contribution in [2.24, 2.45) is 0 Å². The second-order valence-electron chi connectivity index (χ2n) is 3.68. The summed E-state index contributed by atoms with van der Waals surface area (Å²) >= 11 is 0. The van der Waals surface area contributed by atoms with Crippen LogP contribution in [0.2, 0.25) is 0 Å². The predicted molar refractivity (Wildman–Crippen MR) is 64.4 cm³/mol. The Morgan fingerprint density at radius 1 is 1.32 bits per heavy atom. The molecule has 0 unspecified atom stereocenters. The van der Waals surface area contributed by atoms with Crippen molar-refractivity contribution < 1.29 is 19.3 Å². The van der Waals surface area contributed by atoms with Crippen molar-refractivity contribution in [3.8, 4) is 0 Å². The highest BCUT2D eigenvalue weighted by atomic mass is 16.6. The Kier molecular flexibility index (Phi) is 3.42. The van der Waals surface area contributed by atoms with Crippen molar-refractivity contribution in [1.29, 1.82) is 0 Å². The Balaban J connectivity index is 2.22.